The maximum absolute atomic E-state index is 12.2. The number of hydrogen-bond acceptors (Lipinski definition) is 4. The fraction of sp³-hybridized carbons (Fsp3) is 0.429. The van der Waals surface area contributed by atoms with Gasteiger partial charge in [-0.15, -0.1) is 24.8 Å². The summed E-state index contributed by atoms with van der Waals surface area (Å²) in [5, 5.41) is 2.87. The number of aromatic nitrogens is 2. The first-order valence-corrected chi connectivity index (χ1v) is 6.75. The molecule has 3 rings (SSSR count). The Bertz CT molecular complexity index is 593. The molecule has 0 aromatic carbocycles. The Morgan fingerprint density at radius 1 is 1.36 bits per heavy atom. The van der Waals surface area contributed by atoms with Crippen molar-refractivity contribution < 1.29 is 9.53 Å². The average molecular weight is 347 g/mol. The van der Waals surface area contributed by atoms with E-state index in [1.165, 1.54) is 0 Å². The minimum Gasteiger partial charge on any atom is -0.381 e. The van der Waals surface area contributed by atoms with Crippen molar-refractivity contribution in [3.05, 3.63) is 36.3 Å². The van der Waals surface area contributed by atoms with Gasteiger partial charge in [0.15, 0.2) is 0 Å². The number of nitrogens with two attached hydrogens (primary N) is 1. The second kappa shape index (κ2) is 7.78. The van der Waals surface area contributed by atoms with Gasteiger partial charge < -0.3 is 20.2 Å². The lowest BCUT2D eigenvalue weighted by Crippen LogP contribution is -2.56. The number of imidazole rings is 1. The second-order valence-corrected chi connectivity index (χ2v) is 5.15. The standard InChI is InChI=1S/C14H18N4O2.2ClH/c15-14(4-7-20-8-5-14)13(19)16-9-11-10-18-6-2-1-3-12(18)17-11;;/h1-3,6,10H,4-5,7-9,15H2,(H,16,19);2*1H. The van der Waals surface area contributed by atoms with Crippen molar-refractivity contribution >= 4 is 36.4 Å². The van der Waals surface area contributed by atoms with Crippen molar-refractivity contribution in [3.8, 4) is 0 Å². The van der Waals surface area contributed by atoms with Gasteiger partial charge in [-0.05, 0) is 25.0 Å². The van der Waals surface area contributed by atoms with E-state index in [2.05, 4.69) is 10.3 Å². The molecule has 6 nitrogen and oxygen atoms in total. The SMILES string of the molecule is Cl.Cl.NC1(C(=O)NCc2cn3ccccc3n2)CCOCC1. The predicted octanol–water partition coefficient (Wildman–Crippen LogP) is 1.30. The van der Waals surface area contributed by atoms with E-state index in [1.54, 1.807) is 0 Å². The third kappa shape index (κ3) is 3.89. The van der Waals surface area contributed by atoms with Crippen LogP contribution in [0.5, 0.6) is 0 Å². The molecule has 1 aliphatic rings. The Labute approximate surface area is 141 Å². The highest BCUT2D eigenvalue weighted by Gasteiger charge is 2.35. The first-order chi connectivity index (χ1) is 9.67. The summed E-state index contributed by atoms with van der Waals surface area (Å²) in [6.45, 7) is 1.47. The molecule has 22 heavy (non-hydrogen) atoms. The normalized spacial score (nSPS) is 16.4. The van der Waals surface area contributed by atoms with Gasteiger partial charge in [-0.1, -0.05) is 6.07 Å². The molecule has 3 N–H and O–H groups in total. The summed E-state index contributed by atoms with van der Waals surface area (Å²) in [7, 11) is 0. The zero-order valence-corrected chi connectivity index (χ0v) is 13.7. The molecule has 8 heteroatoms. The van der Waals surface area contributed by atoms with Gasteiger partial charge in [0.1, 0.15) is 5.65 Å². The van der Waals surface area contributed by atoms with Crippen LogP contribution in [-0.4, -0.2) is 34.0 Å². The molecule has 0 saturated carbocycles. The van der Waals surface area contributed by atoms with Gasteiger partial charge in [-0.25, -0.2) is 4.98 Å². The van der Waals surface area contributed by atoms with Gasteiger partial charge in [-0.3, -0.25) is 4.79 Å². The van der Waals surface area contributed by atoms with Crippen LogP contribution in [0.15, 0.2) is 30.6 Å². The number of ether oxygens (including phenoxy) is 1. The molecule has 0 bridgehead atoms. The monoisotopic (exact) mass is 346 g/mol. The summed E-state index contributed by atoms with van der Waals surface area (Å²) in [5.74, 6) is -0.127. The van der Waals surface area contributed by atoms with E-state index in [0.29, 0.717) is 32.6 Å². The number of amides is 1. The molecule has 1 fully saturated rings. The van der Waals surface area contributed by atoms with Crippen molar-refractivity contribution in [1.29, 1.82) is 0 Å². The second-order valence-electron chi connectivity index (χ2n) is 5.15. The van der Waals surface area contributed by atoms with Crippen molar-refractivity contribution in [2.45, 2.75) is 24.9 Å². The van der Waals surface area contributed by atoms with E-state index in [9.17, 15) is 4.79 Å². The molecule has 2 aromatic heterocycles. The first-order valence-electron chi connectivity index (χ1n) is 6.75. The number of hydrogen-bond donors (Lipinski definition) is 2. The van der Waals surface area contributed by atoms with Crippen LogP contribution in [0, 0.1) is 0 Å². The van der Waals surface area contributed by atoms with Gasteiger partial charge in [0.2, 0.25) is 5.91 Å². The average Bonchev–Trinajstić information content (AvgIpc) is 2.88. The Kier molecular flexibility index (Phi) is 6.62. The molecule has 0 aliphatic carbocycles. The summed E-state index contributed by atoms with van der Waals surface area (Å²) < 4.78 is 7.17. The van der Waals surface area contributed by atoms with Crippen LogP contribution in [0.1, 0.15) is 18.5 Å². The van der Waals surface area contributed by atoms with Crippen molar-refractivity contribution in [2.24, 2.45) is 5.73 Å². The third-order valence-corrected chi connectivity index (χ3v) is 3.68. The molecule has 3 heterocycles. The Hall–Kier alpha value is -1.34. The maximum Gasteiger partial charge on any atom is 0.240 e. The number of pyridine rings is 1. The zero-order chi connectivity index (χ0) is 14.0. The van der Waals surface area contributed by atoms with E-state index in [-0.39, 0.29) is 30.7 Å². The lowest BCUT2D eigenvalue weighted by atomic mass is 9.90. The predicted molar refractivity (Wildman–Crippen MR) is 88.5 cm³/mol. The van der Waals surface area contributed by atoms with E-state index < -0.39 is 5.54 Å². The molecular weight excluding hydrogens is 327 g/mol. The highest BCUT2D eigenvalue weighted by atomic mass is 35.5. The zero-order valence-electron chi connectivity index (χ0n) is 12.0. The van der Waals surface area contributed by atoms with E-state index in [1.807, 2.05) is 35.0 Å². The molecular formula is C14H20Cl2N4O2. The number of halogens is 2. The lowest BCUT2D eigenvalue weighted by molar-refractivity contribution is -0.129. The fourth-order valence-corrected chi connectivity index (χ4v) is 2.38. The number of fused-ring (bicyclic) bond motifs is 1. The number of nitrogens with one attached hydrogen (secondary N) is 1. The summed E-state index contributed by atoms with van der Waals surface area (Å²) in [6, 6.07) is 5.80. The highest BCUT2D eigenvalue weighted by Crippen LogP contribution is 2.17. The molecule has 1 amide bonds. The van der Waals surface area contributed by atoms with Crippen LogP contribution in [0.2, 0.25) is 0 Å². The number of rotatable bonds is 3. The number of carbonyl (C=O) groups excluding carboxylic acids is 1. The van der Waals surface area contributed by atoms with Crippen LogP contribution in [0.4, 0.5) is 0 Å². The van der Waals surface area contributed by atoms with Crippen LogP contribution in [0.3, 0.4) is 0 Å². The Morgan fingerprint density at radius 3 is 2.77 bits per heavy atom. The Morgan fingerprint density at radius 2 is 2.09 bits per heavy atom. The van der Waals surface area contributed by atoms with E-state index >= 15 is 0 Å². The smallest absolute Gasteiger partial charge is 0.240 e. The van der Waals surface area contributed by atoms with Crippen LogP contribution < -0.4 is 11.1 Å². The number of nitrogens with zero attached hydrogens (tertiary/aromatic N) is 2. The van der Waals surface area contributed by atoms with Gasteiger partial charge in [0.25, 0.3) is 0 Å². The summed E-state index contributed by atoms with van der Waals surface area (Å²) >= 11 is 0. The topological polar surface area (TPSA) is 81.7 Å². The van der Waals surface area contributed by atoms with Gasteiger partial charge >= 0.3 is 0 Å². The van der Waals surface area contributed by atoms with E-state index in [4.69, 9.17) is 10.5 Å². The third-order valence-electron chi connectivity index (χ3n) is 3.68. The molecule has 0 spiro atoms. The minimum absolute atomic E-state index is 0. The largest absolute Gasteiger partial charge is 0.381 e. The van der Waals surface area contributed by atoms with Crippen molar-refractivity contribution in [3.63, 3.8) is 0 Å². The molecule has 0 radical (unpaired) electrons. The Balaban J connectivity index is 0.00000121. The number of carbonyl (C=O) groups is 1. The molecule has 0 atom stereocenters. The minimum atomic E-state index is -0.808. The summed E-state index contributed by atoms with van der Waals surface area (Å²) in [4.78, 5) is 16.6. The van der Waals surface area contributed by atoms with E-state index in [0.717, 1.165) is 11.3 Å². The van der Waals surface area contributed by atoms with Gasteiger partial charge in [0.05, 0.1) is 17.8 Å². The van der Waals surface area contributed by atoms with Gasteiger partial charge in [0, 0.05) is 25.6 Å². The molecule has 1 saturated heterocycles. The van der Waals surface area contributed by atoms with Crippen molar-refractivity contribution in [2.75, 3.05) is 13.2 Å². The molecule has 1 aliphatic heterocycles. The van der Waals surface area contributed by atoms with Crippen molar-refractivity contribution in [1.82, 2.24) is 14.7 Å². The van der Waals surface area contributed by atoms with Crippen LogP contribution in [-0.2, 0) is 16.1 Å². The summed E-state index contributed by atoms with van der Waals surface area (Å²) in [5.41, 5.74) is 7.00. The fourth-order valence-electron chi connectivity index (χ4n) is 2.38. The quantitative estimate of drug-likeness (QED) is 0.877. The highest BCUT2D eigenvalue weighted by molar-refractivity contribution is 5.86. The molecule has 2 aromatic rings. The van der Waals surface area contributed by atoms with Gasteiger partial charge in [-0.2, -0.15) is 0 Å². The first kappa shape index (κ1) is 18.7. The molecule has 0 unspecified atom stereocenters. The van der Waals surface area contributed by atoms with Crippen LogP contribution in [0.25, 0.3) is 5.65 Å². The summed E-state index contributed by atoms with van der Waals surface area (Å²) in [6.07, 6.45) is 4.95. The van der Waals surface area contributed by atoms with Crippen LogP contribution >= 0.6 is 24.8 Å². The molecule has 122 valence electrons. The maximum atomic E-state index is 12.2. The lowest BCUT2D eigenvalue weighted by Gasteiger charge is -2.31.